The lowest BCUT2D eigenvalue weighted by Gasteiger charge is -2.36. The van der Waals surface area contributed by atoms with Crippen molar-refractivity contribution in [3.63, 3.8) is 0 Å². The summed E-state index contributed by atoms with van der Waals surface area (Å²) in [6.07, 6.45) is -6.39. The van der Waals surface area contributed by atoms with Gasteiger partial charge in [-0.15, -0.1) is 0 Å². The molecule has 2 rings (SSSR count). The molecule has 0 aliphatic heterocycles. The molecule has 0 N–H and O–H groups in total. The molecular weight excluding hydrogens is 454 g/mol. The minimum atomic E-state index is -6.39. The maximum Gasteiger partial charge on any atom is 0.457 e. The van der Waals surface area contributed by atoms with E-state index < -0.39 is 52.3 Å². The van der Waals surface area contributed by atoms with Gasteiger partial charge in [0.15, 0.2) is 0 Å². The number of ether oxygens (including phenoxy) is 2. The summed E-state index contributed by atoms with van der Waals surface area (Å²) >= 11 is 0. The van der Waals surface area contributed by atoms with Crippen LogP contribution in [0.25, 0.3) is 0 Å². The summed E-state index contributed by atoms with van der Waals surface area (Å²) in [5.74, 6) is -10.2. The van der Waals surface area contributed by atoms with Gasteiger partial charge < -0.3 is 9.47 Å². The minimum Gasteiger partial charge on any atom is -0.423 e. The average Bonchev–Trinajstić information content (AvgIpc) is 2.72. The van der Waals surface area contributed by atoms with E-state index in [2.05, 4.69) is 13.2 Å². The van der Waals surface area contributed by atoms with Crippen LogP contribution < -0.4 is 9.47 Å². The predicted octanol–water partition coefficient (Wildman–Crippen LogP) is 6.06. The number of hydrogen-bond acceptors (Lipinski definition) is 4. The summed E-state index contributed by atoms with van der Waals surface area (Å²) in [5.41, 5.74) is -7.75. The van der Waals surface area contributed by atoms with Crippen LogP contribution in [0.15, 0.2) is 72.8 Å². The second-order valence-electron chi connectivity index (χ2n) is 7.06. The van der Waals surface area contributed by atoms with Crippen molar-refractivity contribution < 1.29 is 45.4 Å². The molecule has 0 unspecified atom stereocenters. The van der Waals surface area contributed by atoms with E-state index in [4.69, 9.17) is 9.47 Å². The zero-order valence-electron chi connectivity index (χ0n) is 17.4. The lowest BCUT2D eigenvalue weighted by Crippen LogP contribution is -2.53. The van der Waals surface area contributed by atoms with Crippen LogP contribution in [0.4, 0.5) is 26.3 Å². The molecule has 0 amide bonds. The van der Waals surface area contributed by atoms with Gasteiger partial charge in [0.2, 0.25) is 5.67 Å². The number of carbonyl (C=O) groups excluding carboxylic acids is 2. The molecule has 0 aliphatic rings. The molecule has 176 valence electrons. The van der Waals surface area contributed by atoms with Gasteiger partial charge in [0.1, 0.15) is 11.5 Å². The predicted molar refractivity (Wildman–Crippen MR) is 107 cm³/mol. The van der Waals surface area contributed by atoms with Crippen molar-refractivity contribution in [3.05, 3.63) is 84.0 Å². The van der Waals surface area contributed by atoms with Crippen LogP contribution in [0.5, 0.6) is 11.5 Å². The molecule has 10 heteroatoms. The maximum atomic E-state index is 16.5. The molecule has 4 nitrogen and oxygen atoms in total. The van der Waals surface area contributed by atoms with Crippen molar-refractivity contribution in [3.8, 4) is 11.5 Å². The van der Waals surface area contributed by atoms with Crippen LogP contribution in [0, 0.1) is 0 Å². The Hall–Kier alpha value is -3.56. The lowest BCUT2D eigenvalue weighted by molar-refractivity contribution is -0.323. The van der Waals surface area contributed by atoms with Gasteiger partial charge in [0.05, 0.1) is 0 Å². The first kappa shape index (κ1) is 25.7. The smallest absolute Gasteiger partial charge is 0.423 e. The van der Waals surface area contributed by atoms with Crippen LogP contribution >= 0.6 is 0 Å². The molecule has 0 heterocycles. The lowest BCUT2D eigenvalue weighted by atomic mass is 9.81. The fraction of sp³-hybridized carbons (Fsp3) is 0.217. The highest BCUT2D eigenvalue weighted by atomic mass is 19.4. The Morgan fingerprint density at radius 2 is 1.03 bits per heavy atom. The third kappa shape index (κ3) is 4.79. The number of esters is 2. The number of alkyl halides is 6. The molecule has 2 aromatic rings. The molecule has 0 fully saturated rings. The zero-order valence-corrected chi connectivity index (χ0v) is 17.4. The number of halogens is 6. The molecule has 0 spiro atoms. The Labute approximate surface area is 185 Å². The van der Waals surface area contributed by atoms with Gasteiger partial charge in [-0.1, -0.05) is 49.6 Å². The van der Waals surface area contributed by atoms with Crippen molar-refractivity contribution >= 4 is 11.9 Å². The van der Waals surface area contributed by atoms with Crippen LogP contribution in [0.2, 0.25) is 0 Å². The molecule has 0 atom stereocenters. The monoisotopic (exact) mass is 472 g/mol. The van der Waals surface area contributed by atoms with E-state index in [-0.39, 0.29) is 11.1 Å². The SMILES string of the molecule is C=C(C)C(=O)Oc1ccccc1C(F)(c1ccccc1OC(=O)C(=C)C)C(F)(F)C(F)(F)F. The summed E-state index contributed by atoms with van der Waals surface area (Å²) < 4.78 is 96.4. The van der Waals surface area contributed by atoms with Crippen molar-refractivity contribution in [1.82, 2.24) is 0 Å². The summed E-state index contributed by atoms with van der Waals surface area (Å²) in [5, 5.41) is 0. The second-order valence-corrected chi connectivity index (χ2v) is 7.06. The first-order valence-electron chi connectivity index (χ1n) is 9.22. The molecule has 33 heavy (non-hydrogen) atoms. The summed E-state index contributed by atoms with van der Waals surface area (Å²) in [7, 11) is 0. The Balaban J connectivity index is 2.90. The summed E-state index contributed by atoms with van der Waals surface area (Å²) in [6, 6.07) is 7.16. The van der Waals surface area contributed by atoms with Crippen molar-refractivity contribution in [2.24, 2.45) is 0 Å². The van der Waals surface area contributed by atoms with Crippen LogP contribution in [-0.2, 0) is 15.3 Å². The summed E-state index contributed by atoms with van der Waals surface area (Å²) in [4.78, 5) is 23.9. The third-order valence-electron chi connectivity index (χ3n) is 4.41. The Kier molecular flexibility index (Phi) is 7.11. The van der Waals surface area contributed by atoms with Gasteiger partial charge in [0.25, 0.3) is 0 Å². The van der Waals surface area contributed by atoms with E-state index in [1.54, 1.807) is 0 Å². The van der Waals surface area contributed by atoms with E-state index >= 15 is 4.39 Å². The second kappa shape index (κ2) is 9.13. The fourth-order valence-electron chi connectivity index (χ4n) is 2.73. The van der Waals surface area contributed by atoms with Crippen molar-refractivity contribution in [2.75, 3.05) is 0 Å². The maximum absolute atomic E-state index is 16.5. The topological polar surface area (TPSA) is 52.6 Å². The van der Waals surface area contributed by atoms with E-state index in [0.717, 1.165) is 36.4 Å². The van der Waals surface area contributed by atoms with E-state index in [9.17, 15) is 31.5 Å². The molecule has 2 aromatic carbocycles. The third-order valence-corrected chi connectivity index (χ3v) is 4.41. The zero-order chi connectivity index (χ0) is 25.2. The number of carbonyl (C=O) groups is 2. The van der Waals surface area contributed by atoms with Gasteiger partial charge in [-0.05, 0) is 26.0 Å². The number of para-hydroxylation sites is 2. The van der Waals surface area contributed by atoms with Crippen molar-refractivity contribution in [2.45, 2.75) is 31.6 Å². The highest BCUT2D eigenvalue weighted by molar-refractivity contribution is 5.89. The first-order valence-corrected chi connectivity index (χ1v) is 9.22. The van der Waals surface area contributed by atoms with Crippen molar-refractivity contribution in [1.29, 1.82) is 0 Å². The molecule has 0 aliphatic carbocycles. The average molecular weight is 472 g/mol. The van der Waals surface area contributed by atoms with Crippen LogP contribution in [0.1, 0.15) is 25.0 Å². The molecular formula is C23H18F6O4. The number of rotatable bonds is 7. The summed E-state index contributed by atoms with van der Waals surface area (Å²) in [6.45, 7) is 8.98. The molecule has 0 saturated heterocycles. The van der Waals surface area contributed by atoms with E-state index in [0.29, 0.717) is 12.1 Å². The van der Waals surface area contributed by atoms with Gasteiger partial charge in [-0.2, -0.15) is 22.0 Å². The van der Waals surface area contributed by atoms with Gasteiger partial charge >= 0.3 is 24.0 Å². The largest absolute Gasteiger partial charge is 0.457 e. The minimum absolute atomic E-state index is 0.215. The normalized spacial score (nSPS) is 12.1. The molecule has 0 bridgehead atoms. The van der Waals surface area contributed by atoms with Crippen LogP contribution in [-0.4, -0.2) is 24.0 Å². The number of benzene rings is 2. The molecule has 0 saturated carbocycles. The molecule has 0 radical (unpaired) electrons. The Morgan fingerprint density at radius 3 is 1.33 bits per heavy atom. The number of hydrogen-bond donors (Lipinski definition) is 0. The van der Waals surface area contributed by atoms with Gasteiger partial charge in [-0.25, -0.2) is 14.0 Å². The van der Waals surface area contributed by atoms with E-state index in [1.807, 2.05) is 0 Å². The highest BCUT2D eigenvalue weighted by Crippen LogP contribution is 2.57. The molecule has 0 aromatic heterocycles. The van der Waals surface area contributed by atoms with Gasteiger partial charge in [0, 0.05) is 22.3 Å². The first-order chi connectivity index (χ1) is 15.1. The quantitative estimate of drug-likeness (QED) is 0.213. The Bertz CT molecular complexity index is 1030. The fourth-order valence-corrected chi connectivity index (χ4v) is 2.73. The highest BCUT2D eigenvalue weighted by Gasteiger charge is 2.74. The Morgan fingerprint density at radius 1 is 0.697 bits per heavy atom. The van der Waals surface area contributed by atoms with Crippen LogP contribution in [0.3, 0.4) is 0 Å². The van der Waals surface area contributed by atoms with Gasteiger partial charge in [-0.3, -0.25) is 0 Å². The standard InChI is InChI=1S/C23H18F6O4/c1-13(2)19(30)32-17-11-7-5-9-15(17)21(24,22(25,26)23(27,28)29)16-10-6-8-12-18(16)33-20(31)14(3)4/h5-12H,1,3H2,2,4H3. The van der Waals surface area contributed by atoms with E-state index in [1.165, 1.54) is 13.8 Å².